The molecule has 4 nitrogen and oxygen atoms in total. The number of nitrogens with one attached hydrogen (secondary N) is 1. The summed E-state index contributed by atoms with van der Waals surface area (Å²) in [7, 11) is 0. The average molecular weight is 287 g/mol. The van der Waals surface area contributed by atoms with Gasteiger partial charge in [-0.3, -0.25) is 9.59 Å². The molecule has 0 aromatic rings. The molecule has 19 heavy (non-hydrogen) atoms. The minimum atomic E-state index is -0.746. The van der Waals surface area contributed by atoms with Crippen molar-refractivity contribution in [2.45, 2.75) is 58.5 Å². The van der Waals surface area contributed by atoms with Crippen molar-refractivity contribution in [2.75, 3.05) is 6.54 Å². The van der Waals surface area contributed by atoms with Gasteiger partial charge >= 0.3 is 0 Å². The highest BCUT2D eigenvalue weighted by Crippen LogP contribution is 2.30. The monoisotopic (exact) mass is 286 g/mol. The lowest BCUT2D eigenvalue weighted by atomic mass is 9.85. The van der Waals surface area contributed by atoms with E-state index in [0.29, 0.717) is 25.8 Å². The van der Waals surface area contributed by atoms with E-state index in [1.54, 1.807) is 4.90 Å². The molecule has 1 aliphatic rings. The molecule has 2 amide bonds. The number of rotatable bonds is 5. The van der Waals surface area contributed by atoms with E-state index in [1.165, 1.54) is 5.54 Å². The van der Waals surface area contributed by atoms with Crippen molar-refractivity contribution in [3.05, 3.63) is 11.1 Å². The minimum absolute atomic E-state index is 0.0105. The van der Waals surface area contributed by atoms with E-state index in [9.17, 15) is 9.59 Å². The summed E-state index contributed by atoms with van der Waals surface area (Å²) in [6.45, 7) is 8.05. The van der Waals surface area contributed by atoms with Gasteiger partial charge < -0.3 is 10.2 Å². The van der Waals surface area contributed by atoms with Gasteiger partial charge in [-0.05, 0) is 31.8 Å². The van der Waals surface area contributed by atoms with E-state index in [2.05, 4.69) is 5.32 Å². The summed E-state index contributed by atoms with van der Waals surface area (Å²) in [4.78, 5) is 26.6. The first-order valence-corrected chi connectivity index (χ1v) is 7.28. The smallest absolute Gasteiger partial charge is 0.246 e. The molecule has 0 aliphatic carbocycles. The van der Waals surface area contributed by atoms with E-state index in [4.69, 9.17) is 11.6 Å². The largest absolute Gasteiger partial charge is 0.342 e. The molecule has 0 bridgehead atoms. The van der Waals surface area contributed by atoms with E-state index < -0.39 is 11.6 Å². The molecule has 1 heterocycles. The Labute approximate surface area is 120 Å². The first-order valence-electron chi connectivity index (χ1n) is 6.85. The summed E-state index contributed by atoms with van der Waals surface area (Å²) >= 11 is 5.70. The van der Waals surface area contributed by atoms with Crippen molar-refractivity contribution in [1.82, 2.24) is 10.2 Å². The van der Waals surface area contributed by atoms with Crippen LogP contribution < -0.4 is 5.32 Å². The third kappa shape index (κ3) is 2.78. The van der Waals surface area contributed by atoms with Gasteiger partial charge in [-0.25, -0.2) is 0 Å². The zero-order valence-corrected chi connectivity index (χ0v) is 12.9. The van der Waals surface area contributed by atoms with Crippen molar-refractivity contribution in [2.24, 2.45) is 0 Å². The highest BCUT2D eigenvalue weighted by molar-refractivity contribution is 6.25. The molecule has 1 aliphatic heterocycles. The van der Waals surface area contributed by atoms with Crippen molar-refractivity contribution in [3.8, 4) is 0 Å². The molecule has 0 spiro atoms. The van der Waals surface area contributed by atoms with Gasteiger partial charge in [0.25, 0.3) is 0 Å². The molecule has 1 rings (SSSR count). The maximum absolute atomic E-state index is 12.5. The molecule has 1 saturated heterocycles. The van der Waals surface area contributed by atoms with E-state index in [0.717, 1.165) is 5.57 Å². The third-order valence-electron chi connectivity index (χ3n) is 3.98. The lowest BCUT2D eigenvalue weighted by molar-refractivity contribution is -0.157. The van der Waals surface area contributed by atoms with Gasteiger partial charge in [-0.1, -0.05) is 32.4 Å². The number of carbonyl (C=O) groups is 2. The van der Waals surface area contributed by atoms with Crippen LogP contribution in [-0.4, -0.2) is 34.8 Å². The second kappa shape index (κ2) is 6.42. The number of hydrogen-bond donors (Lipinski definition) is 1. The van der Waals surface area contributed by atoms with Crippen LogP contribution in [0.15, 0.2) is 11.1 Å². The van der Waals surface area contributed by atoms with Gasteiger partial charge in [0.15, 0.2) is 0 Å². The Balaban J connectivity index is 3.18. The van der Waals surface area contributed by atoms with Gasteiger partial charge in [0, 0.05) is 12.1 Å². The van der Waals surface area contributed by atoms with Crippen molar-refractivity contribution in [1.29, 1.82) is 0 Å². The van der Waals surface area contributed by atoms with Crippen LogP contribution in [0.4, 0.5) is 0 Å². The fraction of sp³-hybridized carbons (Fsp3) is 0.714. The Morgan fingerprint density at radius 2 is 1.95 bits per heavy atom. The summed E-state index contributed by atoms with van der Waals surface area (Å²) in [5.74, 6) is -0.0602. The van der Waals surface area contributed by atoms with Gasteiger partial charge in [0.2, 0.25) is 11.8 Å². The Morgan fingerprint density at radius 3 is 2.37 bits per heavy atom. The molecule has 1 atom stereocenters. The lowest BCUT2D eigenvalue weighted by Gasteiger charge is -2.47. The summed E-state index contributed by atoms with van der Waals surface area (Å²) in [5.41, 5.74) is 1.60. The van der Waals surface area contributed by atoms with Crippen LogP contribution in [0.5, 0.6) is 0 Å². The van der Waals surface area contributed by atoms with Gasteiger partial charge in [-0.2, -0.15) is 0 Å². The van der Waals surface area contributed by atoms with E-state index in [-0.39, 0.29) is 11.8 Å². The zero-order chi connectivity index (χ0) is 14.6. The number of hydrogen-bond acceptors (Lipinski definition) is 2. The molecule has 0 aromatic heterocycles. The van der Waals surface area contributed by atoms with Crippen LogP contribution in [0.3, 0.4) is 0 Å². The standard InChI is InChI=1S/C14H23ClN2O2/c1-5-11-12(18)17(9-10(4)8-15)14(6-2,7-3)13(19)16-11/h8,11H,5-7,9H2,1-4H3,(H,16,19). The molecule has 1 fully saturated rings. The highest BCUT2D eigenvalue weighted by Gasteiger charge is 2.49. The van der Waals surface area contributed by atoms with Crippen LogP contribution >= 0.6 is 11.6 Å². The fourth-order valence-corrected chi connectivity index (χ4v) is 2.69. The molecular formula is C14H23ClN2O2. The SMILES string of the molecule is CCC1NC(=O)C(CC)(CC)N(CC(C)=CCl)C1=O. The number of carbonyl (C=O) groups excluding carboxylic acids is 2. The quantitative estimate of drug-likeness (QED) is 0.844. The minimum Gasteiger partial charge on any atom is -0.342 e. The van der Waals surface area contributed by atoms with Crippen LogP contribution in [0, 0.1) is 0 Å². The normalized spacial score (nSPS) is 23.5. The molecule has 1 N–H and O–H groups in total. The van der Waals surface area contributed by atoms with Gasteiger partial charge in [0.1, 0.15) is 11.6 Å². The number of amides is 2. The lowest BCUT2D eigenvalue weighted by Crippen LogP contribution is -2.70. The Morgan fingerprint density at radius 1 is 1.37 bits per heavy atom. The van der Waals surface area contributed by atoms with Crippen LogP contribution in [0.2, 0.25) is 0 Å². The maximum atomic E-state index is 12.5. The van der Waals surface area contributed by atoms with Gasteiger partial charge in [-0.15, -0.1) is 0 Å². The molecule has 0 aromatic carbocycles. The summed E-state index contributed by atoms with van der Waals surface area (Å²) in [5, 5.41) is 2.85. The number of nitrogens with zero attached hydrogens (tertiary/aromatic N) is 1. The zero-order valence-electron chi connectivity index (χ0n) is 12.1. The molecule has 0 saturated carbocycles. The summed E-state index contributed by atoms with van der Waals surface area (Å²) in [6.07, 6.45) is 1.81. The van der Waals surface area contributed by atoms with Crippen molar-refractivity contribution < 1.29 is 9.59 Å². The summed E-state index contributed by atoms with van der Waals surface area (Å²) in [6, 6.07) is -0.415. The second-order valence-electron chi connectivity index (χ2n) is 5.05. The van der Waals surface area contributed by atoms with Crippen LogP contribution in [0.25, 0.3) is 0 Å². The van der Waals surface area contributed by atoms with E-state index >= 15 is 0 Å². The first-order chi connectivity index (χ1) is 8.96. The van der Waals surface area contributed by atoms with Crippen molar-refractivity contribution in [3.63, 3.8) is 0 Å². The fourth-order valence-electron chi connectivity index (χ4n) is 2.62. The predicted octanol–water partition coefficient (Wildman–Crippen LogP) is 2.42. The Kier molecular flexibility index (Phi) is 5.41. The Hall–Kier alpha value is -1.03. The Bertz CT molecular complexity index is 389. The topological polar surface area (TPSA) is 49.4 Å². The predicted molar refractivity (Wildman–Crippen MR) is 76.9 cm³/mol. The number of piperazine rings is 1. The van der Waals surface area contributed by atoms with Gasteiger partial charge in [0.05, 0.1) is 0 Å². The molecule has 0 radical (unpaired) electrons. The third-order valence-corrected chi connectivity index (χ3v) is 4.35. The average Bonchev–Trinajstić information content (AvgIpc) is 2.43. The van der Waals surface area contributed by atoms with Crippen LogP contribution in [-0.2, 0) is 9.59 Å². The second-order valence-corrected chi connectivity index (χ2v) is 5.27. The highest BCUT2D eigenvalue weighted by atomic mass is 35.5. The molecule has 5 heteroatoms. The molecular weight excluding hydrogens is 264 g/mol. The molecule has 1 unspecified atom stereocenters. The summed E-state index contributed by atoms with van der Waals surface area (Å²) < 4.78 is 0. The van der Waals surface area contributed by atoms with Crippen LogP contribution in [0.1, 0.15) is 47.0 Å². The van der Waals surface area contributed by atoms with Crippen molar-refractivity contribution >= 4 is 23.4 Å². The van der Waals surface area contributed by atoms with E-state index in [1.807, 2.05) is 27.7 Å². The first kappa shape index (κ1) is 16.0. The number of halogens is 1. The molecule has 108 valence electrons. The maximum Gasteiger partial charge on any atom is 0.246 e.